The number of ether oxygens (including phenoxy) is 1. The topological polar surface area (TPSA) is 86.0 Å². The van der Waals surface area contributed by atoms with Gasteiger partial charge in [-0.05, 0) is 66.9 Å². The minimum atomic E-state index is 0.287. The van der Waals surface area contributed by atoms with Crippen LogP contribution >= 0.6 is 0 Å². The minimum Gasteiger partial charge on any atom is -0.497 e. The second-order valence-corrected chi connectivity index (χ2v) is 7.46. The fraction of sp³-hybridized carbons (Fsp3) is 0.192. The Morgan fingerprint density at radius 2 is 1.84 bits per heavy atom. The molecule has 6 heteroatoms. The molecule has 0 amide bonds. The van der Waals surface area contributed by atoms with Crippen molar-refractivity contribution in [2.24, 2.45) is 5.73 Å². The van der Waals surface area contributed by atoms with Gasteiger partial charge in [0.15, 0.2) is 5.82 Å². The van der Waals surface area contributed by atoms with E-state index < -0.39 is 0 Å². The van der Waals surface area contributed by atoms with Gasteiger partial charge in [-0.25, -0.2) is 9.97 Å². The molecule has 0 radical (unpaired) electrons. The number of nitrogens with two attached hydrogens (primary N) is 1. The molecule has 32 heavy (non-hydrogen) atoms. The van der Waals surface area contributed by atoms with E-state index in [9.17, 15) is 0 Å². The molecule has 1 atom stereocenters. The van der Waals surface area contributed by atoms with Crippen molar-refractivity contribution in [3.63, 3.8) is 0 Å². The van der Waals surface area contributed by atoms with E-state index in [1.54, 1.807) is 13.3 Å². The molecule has 0 aliphatic carbocycles. The van der Waals surface area contributed by atoms with Gasteiger partial charge in [0, 0.05) is 18.1 Å². The first kappa shape index (κ1) is 21.5. The van der Waals surface area contributed by atoms with Crippen LogP contribution in [0.15, 0.2) is 72.9 Å². The van der Waals surface area contributed by atoms with Crippen molar-refractivity contribution in [3.05, 3.63) is 90.0 Å². The second kappa shape index (κ2) is 10.5. The first-order valence-corrected chi connectivity index (χ1v) is 10.7. The summed E-state index contributed by atoms with van der Waals surface area (Å²) < 4.78 is 5.41. The van der Waals surface area contributed by atoms with Gasteiger partial charge in [0.05, 0.1) is 18.3 Å². The quantitative estimate of drug-likeness (QED) is 0.403. The van der Waals surface area contributed by atoms with Crippen LogP contribution in [-0.2, 0) is 0 Å². The number of nitrogens with zero attached hydrogens (tertiary/aromatic N) is 3. The molecular formula is C26H27N5O. The highest BCUT2D eigenvalue weighted by atomic mass is 16.5. The van der Waals surface area contributed by atoms with Crippen molar-refractivity contribution in [1.29, 1.82) is 0 Å². The van der Waals surface area contributed by atoms with Crippen LogP contribution in [0.3, 0.4) is 0 Å². The summed E-state index contributed by atoms with van der Waals surface area (Å²) in [6.45, 7) is 1.34. The average Bonchev–Trinajstić information content (AvgIpc) is 2.86. The number of benzene rings is 2. The monoisotopic (exact) mass is 425 g/mol. The molecule has 3 N–H and O–H groups in total. The highest BCUT2D eigenvalue weighted by Gasteiger charge is 2.11. The molecule has 2 heterocycles. The smallest absolute Gasteiger partial charge is 0.155 e. The molecule has 0 aliphatic heterocycles. The lowest BCUT2D eigenvalue weighted by Crippen LogP contribution is -2.17. The maximum Gasteiger partial charge on any atom is 0.155 e. The Balaban J connectivity index is 1.58. The zero-order valence-corrected chi connectivity index (χ0v) is 18.1. The van der Waals surface area contributed by atoms with Crippen molar-refractivity contribution in [2.75, 3.05) is 25.5 Å². The standard InChI is InChI=1S/C26H27N5O/c1-32-22-11-12-24-23(17-22)26(29-16-14-20(18-27)19-7-3-2-4-8-19)31-25(30-24)13-10-21-9-5-6-15-28-21/h2-13,15,17,20H,14,16,18,27H2,1H3,(H,29,30,31). The predicted octanol–water partition coefficient (Wildman–Crippen LogP) is 4.75. The zero-order chi connectivity index (χ0) is 22.2. The number of methoxy groups -OCH3 is 1. The highest BCUT2D eigenvalue weighted by Crippen LogP contribution is 2.26. The molecular weight excluding hydrogens is 398 g/mol. The van der Waals surface area contributed by atoms with Crippen molar-refractivity contribution >= 4 is 28.9 Å². The Labute approximate surface area is 188 Å². The average molecular weight is 426 g/mol. The normalized spacial score (nSPS) is 12.2. The van der Waals surface area contributed by atoms with E-state index in [-0.39, 0.29) is 5.92 Å². The maximum absolute atomic E-state index is 6.05. The molecule has 0 saturated carbocycles. The largest absolute Gasteiger partial charge is 0.497 e. The molecule has 0 bridgehead atoms. The Morgan fingerprint density at radius 1 is 1.00 bits per heavy atom. The van der Waals surface area contributed by atoms with E-state index in [4.69, 9.17) is 20.4 Å². The van der Waals surface area contributed by atoms with Gasteiger partial charge >= 0.3 is 0 Å². The van der Waals surface area contributed by atoms with Gasteiger partial charge in [0.25, 0.3) is 0 Å². The van der Waals surface area contributed by atoms with E-state index in [2.05, 4.69) is 34.6 Å². The summed E-state index contributed by atoms with van der Waals surface area (Å²) in [7, 11) is 1.66. The first-order chi connectivity index (χ1) is 15.8. The molecule has 0 fully saturated rings. The van der Waals surface area contributed by atoms with Gasteiger partial charge in [-0.3, -0.25) is 4.98 Å². The molecule has 0 saturated heterocycles. The van der Waals surface area contributed by atoms with Crippen molar-refractivity contribution in [2.45, 2.75) is 12.3 Å². The van der Waals surface area contributed by atoms with Gasteiger partial charge in [0.2, 0.25) is 0 Å². The number of fused-ring (bicyclic) bond motifs is 1. The Morgan fingerprint density at radius 3 is 2.59 bits per heavy atom. The zero-order valence-electron chi connectivity index (χ0n) is 18.1. The molecule has 1 unspecified atom stereocenters. The van der Waals surface area contributed by atoms with Crippen LogP contribution in [0.2, 0.25) is 0 Å². The summed E-state index contributed by atoms with van der Waals surface area (Å²) in [5.41, 5.74) is 9.01. The van der Waals surface area contributed by atoms with Crippen LogP contribution in [-0.4, -0.2) is 35.2 Å². The fourth-order valence-corrected chi connectivity index (χ4v) is 3.61. The second-order valence-electron chi connectivity index (χ2n) is 7.46. The van der Waals surface area contributed by atoms with Crippen molar-refractivity contribution in [3.8, 4) is 5.75 Å². The summed E-state index contributed by atoms with van der Waals surface area (Å²) in [6, 6.07) is 22.0. The molecule has 162 valence electrons. The summed E-state index contributed by atoms with van der Waals surface area (Å²) in [6.07, 6.45) is 6.45. The number of hydrogen-bond donors (Lipinski definition) is 2. The summed E-state index contributed by atoms with van der Waals surface area (Å²) in [4.78, 5) is 13.8. The Bertz CT molecular complexity index is 1180. The summed E-state index contributed by atoms with van der Waals surface area (Å²) in [5, 5.41) is 4.42. The SMILES string of the molecule is COc1ccc2nc(C=Cc3ccccn3)nc(NCCC(CN)c3ccccc3)c2c1. The van der Waals surface area contributed by atoms with Crippen LogP contribution in [0, 0.1) is 0 Å². The van der Waals surface area contributed by atoms with Crippen molar-refractivity contribution in [1.82, 2.24) is 15.0 Å². The van der Waals surface area contributed by atoms with Gasteiger partial charge in [-0.15, -0.1) is 0 Å². The third-order valence-electron chi connectivity index (χ3n) is 5.35. The lowest BCUT2D eigenvalue weighted by molar-refractivity contribution is 0.415. The van der Waals surface area contributed by atoms with E-state index in [1.165, 1.54) is 5.56 Å². The van der Waals surface area contributed by atoms with Crippen molar-refractivity contribution < 1.29 is 4.74 Å². The van der Waals surface area contributed by atoms with E-state index in [0.29, 0.717) is 12.4 Å². The van der Waals surface area contributed by atoms with Crippen LogP contribution in [0.25, 0.3) is 23.1 Å². The number of rotatable bonds is 9. The van der Waals surface area contributed by atoms with Crippen LogP contribution in [0.5, 0.6) is 5.75 Å². The lowest BCUT2D eigenvalue weighted by atomic mass is 9.96. The predicted molar refractivity (Wildman–Crippen MR) is 131 cm³/mol. The Kier molecular flexibility index (Phi) is 7.05. The van der Waals surface area contributed by atoms with E-state index in [1.807, 2.05) is 54.6 Å². The number of hydrogen-bond acceptors (Lipinski definition) is 6. The van der Waals surface area contributed by atoms with E-state index >= 15 is 0 Å². The summed E-state index contributed by atoms with van der Waals surface area (Å²) in [5.74, 6) is 2.45. The van der Waals surface area contributed by atoms with E-state index in [0.717, 1.165) is 41.1 Å². The molecule has 2 aromatic heterocycles. The molecule has 6 nitrogen and oxygen atoms in total. The van der Waals surface area contributed by atoms with Gasteiger partial charge in [0.1, 0.15) is 11.6 Å². The third-order valence-corrected chi connectivity index (χ3v) is 5.35. The fourth-order valence-electron chi connectivity index (χ4n) is 3.61. The third kappa shape index (κ3) is 5.28. The van der Waals surface area contributed by atoms with Gasteiger partial charge < -0.3 is 15.8 Å². The lowest BCUT2D eigenvalue weighted by Gasteiger charge is -2.16. The van der Waals surface area contributed by atoms with Crippen LogP contribution < -0.4 is 15.8 Å². The van der Waals surface area contributed by atoms with Crippen LogP contribution in [0.1, 0.15) is 29.4 Å². The molecule has 0 spiro atoms. The Hall–Kier alpha value is -3.77. The first-order valence-electron chi connectivity index (χ1n) is 10.7. The van der Waals surface area contributed by atoms with Gasteiger partial charge in [-0.2, -0.15) is 0 Å². The highest BCUT2D eigenvalue weighted by molar-refractivity contribution is 5.91. The number of anilines is 1. The number of nitrogens with one attached hydrogen (secondary N) is 1. The van der Waals surface area contributed by atoms with Gasteiger partial charge in [-0.1, -0.05) is 36.4 Å². The minimum absolute atomic E-state index is 0.287. The maximum atomic E-state index is 6.05. The molecule has 4 rings (SSSR count). The molecule has 4 aromatic rings. The number of aromatic nitrogens is 3. The van der Waals surface area contributed by atoms with Crippen LogP contribution in [0.4, 0.5) is 5.82 Å². The molecule has 2 aromatic carbocycles. The summed E-state index contributed by atoms with van der Waals surface area (Å²) >= 11 is 0. The molecule has 0 aliphatic rings. The number of pyridine rings is 1.